The summed E-state index contributed by atoms with van der Waals surface area (Å²) in [6.07, 6.45) is 0. The first-order chi connectivity index (χ1) is 6.76. The molecule has 1 aromatic carbocycles. The minimum Gasteiger partial charge on any atom is -0.497 e. The van der Waals surface area contributed by atoms with Gasteiger partial charge in [0, 0.05) is 16.0 Å². The summed E-state index contributed by atoms with van der Waals surface area (Å²) in [5.74, 6) is 1.35. The minimum atomic E-state index is 0.492. The van der Waals surface area contributed by atoms with Crippen LogP contribution in [0.2, 0.25) is 0 Å². The van der Waals surface area contributed by atoms with E-state index in [1.54, 1.807) is 18.4 Å². The molecule has 4 heteroatoms. The molecule has 0 bridgehead atoms. The van der Waals surface area contributed by atoms with E-state index >= 15 is 0 Å². The lowest BCUT2D eigenvalue weighted by Crippen LogP contribution is -1.82. The van der Waals surface area contributed by atoms with E-state index in [1.807, 2.05) is 18.2 Å². The van der Waals surface area contributed by atoms with Gasteiger partial charge >= 0.3 is 0 Å². The van der Waals surface area contributed by atoms with Crippen LogP contribution in [0.25, 0.3) is 10.1 Å². The molecule has 2 rings (SSSR count). The van der Waals surface area contributed by atoms with Gasteiger partial charge in [-0.1, -0.05) is 0 Å². The number of benzene rings is 1. The zero-order valence-electron chi connectivity index (χ0n) is 7.58. The third-order valence-electron chi connectivity index (χ3n) is 2.11. The van der Waals surface area contributed by atoms with E-state index in [1.165, 1.54) is 4.70 Å². The van der Waals surface area contributed by atoms with Crippen LogP contribution in [0.15, 0.2) is 22.4 Å². The SMILES string of the molecule is COc1ccc2sc(S)c(CCl)c2c1. The second-order valence-corrected chi connectivity index (χ2v) is 4.95. The molecule has 1 heterocycles. The van der Waals surface area contributed by atoms with Crippen molar-refractivity contribution in [2.24, 2.45) is 0 Å². The molecule has 1 aromatic heterocycles. The van der Waals surface area contributed by atoms with Crippen molar-refractivity contribution in [3.63, 3.8) is 0 Å². The standard InChI is InChI=1S/C10H9ClOS2/c1-12-6-2-3-9-7(4-6)8(5-11)10(13)14-9/h2-4,13H,5H2,1H3. The Hall–Kier alpha value is -0.380. The Balaban J connectivity index is 2.71. The number of methoxy groups -OCH3 is 1. The molecule has 0 radical (unpaired) electrons. The lowest BCUT2D eigenvalue weighted by Gasteiger charge is -1.99. The van der Waals surface area contributed by atoms with Crippen LogP contribution in [0.5, 0.6) is 5.75 Å². The van der Waals surface area contributed by atoms with Crippen LogP contribution in [0.3, 0.4) is 0 Å². The smallest absolute Gasteiger partial charge is 0.119 e. The van der Waals surface area contributed by atoms with Gasteiger partial charge in [0.1, 0.15) is 5.75 Å². The van der Waals surface area contributed by atoms with Gasteiger partial charge in [0.2, 0.25) is 0 Å². The number of halogens is 1. The zero-order valence-corrected chi connectivity index (χ0v) is 10.0. The first-order valence-electron chi connectivity index (χ1n) is 4.10. The van der Waals surface area contributed by atoms with Crippen LogP contribution in [-0.2, 0) is 5.88 Å². The molecule has 0 spiro atoms. The fraction of sp³-hybridized carbons (Fsp3) is 0.200. The summed E-state index contributed by atoms with van der Waals surface area (Å²) in [5, 5.41) is 1.15. The maximum atomic E-state index is 5.87. The summed E-state index contributed by atoms with van der Waals surface area (Å²) in [7, 11) is 1.66. The Morgan fingerprint density at radius 2 is 2.29 bits per heavy atom. The van der Waals surface area contributed by atoms with Crippen LogP contribution in [0.4, 0.5) is 0 Å². The number of hydrogen-bond acceptors (Lipinski definition) is 3. The van der Waals surface area contributed by atoms with Crippen LogP contribution in [0.1, 0.15) is 5.56 Å². The van der Waals surface area contributed by atoms with Crippen molar-refractivity contribution in [1.29, 1.82) is 0 Å². The number of hydrogen-bond donors (Lipinski definition) is 1. The molecule has 74 valence electrons. The lowest BCUT2D eigenvalue weighted by atomic mass is 10.2. The monoisotopic (exact) mass is 244 g/mol. The highest BCUT2D eigenvalue weighted by atomic mass is 35.5. The van der Waals surface area contributed by atoms with Gasteiger partial charge < -0.3 is 4.74 Å². The first-order valence-corrected chi connectivity index (χ1v) is 5.90. The summed E-state index contributed by atoms with van der Waals surface area (Å²) >= 11 is 11.9. The molecule has 0 saturated carbocycles. The summed E-state index contributed by atoms with van der Waals surface area (Å²) < 4.78 is 7.36. The minimum absolute atomic E-state index is 0.492. The average molecular weight is 245 g/mol. The van der Waals surface area contributed by atoms with E-state index in [0.717, 1.165) is 20.9 Å². The summed E-state index contributed by atoms with van der Waals surface area (Å²) in [4.78, 5) is 0. The highest BCUT2D eigenvalue weighted by Gasteiger charge is 2.09. The molecule has 0 saturated heterocycles. The molecule has 0 unspecified atom stereocenters. The van der Waals surface area contributed by atoms with E-state index in [2.05, 4.69) is 12.6 Å². The number of thiophene rings is 1. The lowest BCUT2D eigenvalue weighted by molar-refractivity contribution is 0.415. The molecule has 14 heavy (non-hydrogen) atoms. The quantitative estimate of drug-likeness (QED) is 0.622. The molecule has 0 aliphatic heterocycles. The summed E-state index contributed by atoms with van der Waals surface area (Å²) in [6.45, 7) is 0. The third-order valence-corrected chi connectivity index (χ3v) is 3.94. The van der Waals surface area contributed by atoms with Gasteiger partial charge in [0.25, 0.3) is 0 Å². The topological polar surface area (TPSA) is 9.23 Å². The predicted octanol–water partition coefficient (Wildman–Crippen LogP) is 3.94. The van der Waals surface area contributed by atoms with Crippen LogP contribution < -0.4 is 4.74 Å². The summed E-state index contributed by atoms with van der Waals surface area (Å²) in [6, 6.07) is 5.99. The van der Waals surface area contributed by atoms with Crippen molar-refractivity contribution < 1.29 is 4.74 Å². The number of alkyl halides is 1. The molecule has 0 N–H and O–H groups in total. The van der Waals surface area contributed by atoms with E-state index in [4.69, 9.17) is 16.3 Å². The Kier molecular flexibility index (Phi) is 2.91. The molecule has 1 nitrogen and oxygen atoms in total. The van der Waals surface area contributed by atoms with Gasteiger partial charge in [0.05, 0.1) is 11.3 Å². The Labute approximate surface area is 97.1 Å². The molecule has 0 fully saturated rings. The maximum Gasteiger partial charge on any atom is 0.119 e. The van der Waals surface area contributed by atoms with E-state index in [0.29, 0.717) is 5.88 Å². The Morgan fingerprint density at radius 3 is 2.93 bits per heavy atom. The van der Waals surface area contributed by atoms with Crippen molar-refractivity contribution in [1.82, 2.24) is 0 Å². The summed E-state index contributed by atoms with van der Waals surface area (Å²) in [5.41, 5.74) is 1.09. The van der Waals surface area contributed by atoms with Crippen molar-refractivity contribution in [2.45, 2.75) is 10.1 Å². The van der Waals surface area contributed by atoms with Crippen molar-refractivity contribution in [3.05, 3.63) is 23.8 Å². The number of ether oxygens (including phenoxy) is 1. The maximum absolute atomic E-state index is 5.87. The van der Waals surface area contributed by atoms with E-state index < -0.39 is 0 Å². The van der Waals surface area contributed by atoms with Crippen molar-refractivity contribution in [2.75, 3.05) is 7.11 Å². The van der Waals surface area contributed by atoms with Gasteiger partial charge in [-0.3, -0.25) is 0 Å². The van der Waals surface area contributed by atoms with Crippen LogP contribution >= 0.6 is 35.6 Å². The Morgan fingerprint density at radius 1 is 1.50 bits per heavy atom. The zero-order chi connectivity index (χ0) is 10.1. The fourth-order valence-corrected chi connectivity index (χ4v) is 3.26. The Bertz CT molecular complexity index is 464. The normalized spacial score (nSPS) is 10.8. The number of fused-ring (bicyclic) bond motifs is 1. The van der Waals surface area contributed by atoms with Crippen LogP contribution in [-0.4, -0.2) is 7.11 Å². The second-order valence-electron chi connectivity index (χ2n) is 2.88. The third kappa shape index (κ3) is 1.60. The molecule has 2 aromatic rings. The number of rotatable bonds is 2. The number of thiol groups is 1. The molecule has 0 aliphatic rings. The average Bonchev–Trinajstić information content (AvgIpc) is 2.52. The van der Waals surface area contributed by atoms with Gasteiger partial charge in [-0.2, -0.15) is 0 Å². The molecule has 0 amide bonds. The first kappa shape index (κ1) is 10.1. The highest BCUT2D eigenvalue weighted by Crippen LogP contribution is 2.36. The molecular weight excluding hydrogens is 236 g/mol. The predicted molar refractivity (Wildman–Crippen MR) is 65.2 cm³/mol. The second kappa shape index (κ2) is 4.01. The molecular formula is C10H9ClOS2. The van der Waals surface area contributed by atoms with Gasteiger partial charge in [-0.05, 0) is 23.8 Å². The highest BCUT2D eigenvalue weighted by molar-refractivity contribution is 7.83. The van der Waals surface area contributed by atoms with Gasteiger partial charge in [0.15, 0.2) is 0 Å². The van der Waals surface area contributed by atoms with Crippen LogP contribution in [0, 0.1) is 0 Å². The fourth-order valence-electron chi connectivity index (χ4n) is 1.37. The van der Waals surface area contributed by atoms with E-state index in [9.17, 15) is 0 Å². The molecule has 0 aliphatic carbocycles. The van der Waals surface area contributed by atoms with Crippen molar-refractivity contribution >= 4 is 45.7 Å². The van der Waals surface area contributed by atoms with Gasteiger partial charge in [-0.15, -0.1) is 35.6 Å². The van der Waals surface area contributed by atoms with Gasteiger partial charge in [-0.25, -0.2) is 0 Å². The van der Waals surface area contributed by atoms with E-state index in [-0.39, 0.29) is 0 Å². The largest absolute Gasteiger partial charge is 0.497 e. The molecule has 0 atom stereocenters. The van der Waals surface area contributed by atoms with Crippen molar-refractivity contribution in [3.8, 4) is 5.75 Å².